The van der Waals surface area contributed by atoms with E-state index in [1.807, 2.05) is 0 Å². The van der Waals surface area contributed by atoms with Gasteiger partial charge in [-0.1, -0.05) is 27.7 Å². The van der Waals surface area contributed by atoms with Crippen molar-refractivity contribution in [1.29, 1.82) is 0 Å². The molecule has 102 valence electrons. The van der Waals surface area contributed by atoms with Crippen molar-refractivity contribution >= 4 is 0 Å². The monoisotopic (exact) mass is 242 g/mol. The summed E-state index contributed by atoms with van der Waals surface area (Å²) in [6.45, 7) is 14.0. The number of aliphatic hydroxyl groups excluding tert-OH is 1. The van der Waals surface area contributed by atoms with Crippen LogP contribution >= 0.6 is 0 Å². The lowest BCUT2D eigenvalue weighted by atomic mass is 9.80. The first kappa shape index (κ1) is 14.9. The van der Waals surface area contributed by atoms with E-state index in [9.17, 15) is 0 Å². The Morgan fingerprint density at radius 2 is 2.12 bits per heavy atom. The summed E-state index contributed by atoms with van der Waals surface area (Å²) in [7, 11) is 0. The molecule has 0 aromatic carbocycles. The van der Waals surface area contributed by atoms with Crippen molar-refractivity contribution in [2.75, 3.05) is 32.8 Å². The molecular formula is C14H30N2O. The molecule has 0 spiro atoms. The molecule has 3 heteroatoms. The lowest BCUT2D eigenvalue weighted by molar-refractivity contribution is 0.203. The molecule has 0 aliphatic carbocycles. The maximum absolute atomic E-state index is 9.06. The Hall–Kier alpha value is -0.120. The predicted molar refractivity (Wildman–Crippen MR) is 73.2 cm³/mol. The van der Waals surface area contributed by atoms with E-state index >= 15 is 0 Å². The van der Waals surface area contributed by atoms with Gasteiger partial charge in [-0.3, -0.25) is 0 Å². The number of likely N-dealkylation sites (tertiary alicyclic amines) is 1. The summed E-state index contributed by atoms with van der Waals surface area (Å²) < 4.78 is 0. The van der Waals surface area contributed by atoms with Gasteiger partial charge in [0.2, 0.25) is 0 Å². The number of nitrogens with zero attached hydrogens (tertiary/aromatic N) is 1. The number of hydrogen-bond acceptors (Lipinski definition) is 3. The lowest BCUT2D eigenvalue weighted by Gasteiger charge is -2.28. The van der Waals surface area contributed by atoms with Crippen LogP contribution in [0.2, 0.25) is 0 Å². The highest BCUT2D eigenvalue weighted by molar-refractivity contribution is 4.85. The summed E-state index contributed by atoms with van der Waals surface area (Å²) in [5.74, 6) is 0.818. The molecule has 2 N–H and O–H groups in total. The van der Waals surface area contributed by atoms with Crippen molar-refractivity contribution in [3.8, 4) is 0 Å². The highest BCUT2D eigenvalue weighted by Gasteiger charge is 2.32. The van der Waals surface area contributed by atoms with Gasteiger partial charge in [0.05, 0.1) is 0 Å². The van der Waals surface area contributed by atoms with E-state index in [4.69, 9.17) is 5.11 Å². The van der Waals surface area contributed by atoms with E-state index in [0.29, 0.717) is 11.5 Å². The molecular weight excluding hydrogens is 212 g/mol. The van der Waals surface area contributed by atoms with Gasteiger partial charge in [0.25, 0.3) is 0 Å². The van der Waals surface area contributed by atoms with Gasteiger partial charge < -0.3 is 15.3 Å². The molecule has 1 fully saturated rings. The van der Waals surface area contributed by atoms with Crippen molar-refractivity contribution in [3.63, 3.8) is 0 Å². The molecule has 0 saturated carbocycles. The third-order valence-electron chi connectivity index (χ3n) is 3.95. The Balaban J connectivity index is 2.37. The molecule has 0 bridgehead atoms. The normalized spacial score (nSPS) is 24.2. The molecule has 0 aromatic rings. The molecule has 17 heavy (non-hydrogen) atoms. The third kappa shape index (κ3) is 4.94. The van der Waals surface area contributed by atoms with Crippen molar-refractivity contribution in [3.05, 3.63) is 0 Å². The molecule has 0 radical (unpaired) electrons. The van der Waals surface area contributed by atoms with Gasteiger partial charge in [-0.05, 0) is 37.3 Å². The van der Waals surface area contributed by atoms with Gasteiger partial charge in [0, 0.05) is 25.7 Å². The minimum Gasteiger partial charge on any atom is -0.396 e. The van der Waals surface area contributed by atoms with Gasteiger partial charge in [-0.15, -0.1) is 0 Å². The Morgan fingerprint density at radius 3 is 2.59 bits per heavy atom. The van der Waals surface area contributed by atoms with E-state index in [2.05, 4.69) is 37.9 Å². The Kier molecular flexibility index (Phi) is 5.90. The van der Waals surface area contributed by atoms with Crippen LogP contribution in [-0.2, 0) is 0 Å². The Labute approximate surface area is 107 Å². The maximum atomic E-state index is 9.06. The number of aliphatic hydroxyl groups is 1. The fourth-order valence-electron chi connectivity index (χ4n) is 2.72. The summed E-state index contributed by atoms with van der Waals surface area (Å²) in [5, 5.41) is 12.5. The fraction of sp³-hybridized carbons (Fsp3) is 1.00. The average molecular weight is 242 g/mol. The molecule has 1 heterocycles. The first-order valence-electron chi connectivity index (χ1n) is 7.04. The standard InChI is InChI=1S/C14H30N2O/c1-5-15-13(7-9-17)11-16-8-6-12(10-16)14(2,3)4/h12-13,15,17H,5-11H2,1-4H3. The topological polar surface area (TPSA) is 35.5 Å². The van der Waals surface area contributed by atoms with Gasteiger partial charge >= 0.3 is 0 Å². The molecule has 2 atom stereocenters. The highest BCUT2D eigenvalue weighted by Crippen LogP contribution is 2.33. The van der Waals surface area contributed by atoms with Crippen LogP contribution in [0.15, 0.2) is 0 Å². The maximum Gasteiger partial charge on any atom is 0.0446 e. The lowest BCUT2D eigenvalue weighted by Crippen LogP contribution is -2.41. The second-order valence-corrected chi connectivity index (χ2v) is 6.38. The van der Waals surface area contributed by atoms with Gasteiger partial charge in [-0.25, -0.2) is 0 Å². The zero-order valence-corrected chi connectivity index (χ0v) is 12.0. The number of hydrogen-bond donors (Lipinski definition) is 2. The summed E-state index contributed by atoms with van der Waals surface area (Å²) in [4.78, 5) is 2.55. The fourth-order valence-corrected chi connectivity index (χ4v) is 2.72. The molecule has 1 rings (SSSR count). The summed E-state index contributed by atoms with van der Waals surface area (Å²) in [6, 6.07) is 0.448. The first-order chi connectivity index (χ1) is 7.97. The molecule has 1 aliphatic rings. The van der Waals surface area contributed by atoms with Crippen LogP contribution in [0.25, 0.3) is 0 Å². The van der Waals surface area contributed by atoms with Crippen LogP contribution in [0.5, 0.6) is 0 Å². The molecule has 1 aliphatic heterocycles. The number of rotatable bonds is 6. The summed E-state index contributed by atoms with van der Waals surface area (Å²) >= 11 is 0. The highest BCUT2D eigenvalue weighted by atomic mass is 16.3. The quantitative estimate of drug-likeness (QED) is 0.744. The number of nitrogens with one attached hydrogen (secondary N) is 1. The van der Waals surface area contributed by atoms with E-state index in [-0.39, 0.29) is 6.61 Å². The van der Waals surface area contributed by atoms with Gasteiger partial charge in [0.15, 0.2) is 0 Å². The van der Waals surface area contributed by atoms with Crippen molar-refractivity contribution in [1.82, 2.24) is 10.2 Å². The van der Waals surface area contributed by atoms with E-state index in [1.165, 1.54) is 19.5 Å². The first-order valence-corrected chi connectivity index (χ1v) is 7.04. The van der Waals surface area contributed by atoms with Crippen LogP contribution in [0, 0.1) is 11.3 Å². The van der Waals surface area contributed by atoms with Gasteiger partial charge in [0.1, 0.15) is 0 Å². The van der Waals surface area contributed by atoms with Crippen molar-refractivity contribution in [2.24, 2.45) is 11.3 Å². The number of likely N-dealkylation sites (N-methyl/N-ethyl adjacent to an activating group) is 1. The molecule has 0 aromatic heterocycles. The van der Waals surface area contributed by atoms with Crippen LogP contribution in [0.4, 0.5) is 0 Å². The van der Waals surface area contributed by atoms with Crippen molar-refractivity contribution < 1.29 is 5.11 Å². The smallest absolute Gasteiger partial charge is 0.0446 e. The Morgan fingerprint density at radius 1 is 1.41 bits per heavy atom. The van der Waals surface area contributed by atoms with Crippen molar-refractivity contribution in [2.45, 2.75) is 46.6 Å². The summed E-state index contributed by atoms with van der Waals surface area (Å²) in [5.41, 5.74) is 0.430. The van der Waals surface area contributed by atoms with E-state index in [0.717, 1.165) is 25.4 Å². The second-order valence-electron chi connectivity index (χ2n) is 6.38. The predicted octanol–water partition coefficient (Wildman–Crippen LogP) is 1.71. The van der Waals surface area contributed by atoms with E-state index < -0.39 is 0 Å². The molecule has 0 amide bonds. The SMILES string of the molecule is CCNC(CCO)CN1CCC(C(C)(C)C)C1. The molecule has 2 unspecified atom stereocenters. The van der Waals surface area contributed by atoms with Crippen LogP contribution in [0.3, 0.4) is 0 Å². The third-order valence-corrected chi connectivity index (χ3v) is 3.95. The zero-order chi connectivity index (χ0) is 12.9. The summed E-state index contributed by atoms with van der Waals surface area (Å²) in [6.07, 6.45) is 2.19. The molecule has 3 nitrogen and oxygen atoms in total. The molecule has 1 saturated heterocycles. The minimum absolute atomic E-state index is 0.286. The average Bonchev–Trinajstić information content (AvgIpc) is 2.66. The van der Waals surface area contributed by atoms with E-state index in [1.54, 1.807) is 0 Å². The minimum atomic E-state index is 0.286. The van der Waals surface area contributed by atoms with Crippen LogP contribution < -0.4 is 5.32 Å². The Bertz CT molecular complexity index is 207. The largest absolute Gasteiger partial charge is 0.396 e. The second kappa shape index (κ2) is 6.72. The zero-order valence-electron chi connectivity index (χ0n) is 12.0. The van der Waals surface area contributed by atoms with Gasteiger partial charge in [-0.2, -0.15) is 0 Å². The van der Waals surface area contributed by atoms with Crippen LogP contribution in [-0.4, -0.2) is 48.8 Å². The van der Waals surface area contributed by atoms with Crippen LogP contribution in [0.1, 0.15) is 40.5 Å².